The lowest BCUT2D eigenvalue weighted by Gasteiger charge is -2.24. The van der Waals surface area contributed by atoms with Crippen molar-refractivity contribution in [2.24, 2.45) is 0 Å². The van der Waals surface area contributed by atoms with E-state index in [1.54, 1.807) is 13.8 Å². The van der Waals surface area contributed by atoms with Crippen LogP contribution in [0.2, 0.25) is 0 Å². The summed E-state index contributed by atoms with van der Waals surface area (Å²) in [6.07, 6.45) is 1.99. The third kappa shape index (κ3) is 3.25. The molecule has 0 spiro atoms. The predicted molar refractivity (Wildman–Crippen MR) is 53.1 cm³/mol. The molecule has 0 aromatic heterocycles. The standard InChI is InChI=1S/C8H18N2O2S/c1-7(2)13(11,12)10-8-4-3-5-9-6-8/h7-10H,3-6H2,1-2H3/t8-/m0/s1. The normalized spacial score (nSPS) is 25.0. The fourth-order valence-electron chi connectivity index (χ4n) is 1.32. The van der Waals surface area contributed by atoms with E-state index in [9.17, 15) is 8.42 Å². The van der Waals surface area contributed by atoms with E-state index >= 15 is 0 Å². The summed E-state index contributed by atoms with van der Waals surface area (Å²) in [4.78, 5) is 0. The lowest BCUT2D eigenvalue weighted by atomic mass is 10.1. The van der Waals surface area contributed by atoms with Crippen LogP contribution in [0.25, 0.3) is 0 Å². The van der Waals surface area contributed by atoms with Crippen molar-refractivity contribution in [2.45, 2.75) is 38.0 Å². The molecule has 5 heteroatoms. The van der Waals surface area contributed by atoms with Crippen molar-refractivity contribution in [3.05, 3.63) is 0 Å². The maximum absolute atomic E-state index is 11.5. The highest BCUT2D eigenvalue weighted by Crippen LogP contribution is 2.05. The lowest BCUT2D eigenvalue weighted by molar-refractivity contribution is 0.427. The van der Waals surface area contributed by atoms with Gasteiger partial charge in [0.1, 0.15) is 0 Å². The number of nitrogens with one attached hydrogen (secondary N) is 2. The van der Waals surface area contributed by atoms with Crippen LogP contribution in [0, 0.1) is 0 Å². The van der Waals surface area contributed by atoms with Gasteiger partial charge >= 0.3 is 0 Å². The molecule has 0 unspecified atom stereocenters. The minimum Gasteiger partial charge on any atom is -0.315 e. The number of sulfonamides is 1. The van der Waals surface area contributed by atoms with Crippen molar-refractivity contribution >= 4 is 10.0 Å². The molecule has 1 heterocycles. The van der Waals surface area contributed by atoms with Crippen molar-refractivity contribution in [1.29, 1.82) is 0 Å². The van der Waals surface area contributed by atoms with E-state index in [0.29, 0.717) is 0 Å². The minimum atomic E-state index is -3.09. The average molecular weight is 206 g/mol. The molecular formula is C8H18N2O2S. The lowest BCUT2D eigenvalue weighted by Crippen LogP contribution is -2.47. The molecule has 1 fully saturated rings. The Hall–Kier alpha value is -0.130. The van der Waals surface area contributed by atoms with Gasteiger partial charge in [-0.25, -0.2) is 13.1 Å². The fourth-order valence-corrected chi connectivity index (χ4v) is 2.26. The summed E-state index contributed by atoms with van der Waals surface area (Å²) in [5.74, 6) is 0. The zero-order valence-electron chi connectivity index (χ0n) is 8.21. The Bertz CT molecular complexity index is 243. The maximum atomic E-state index is 11.5. The number of rotatable bonds is 3. The molecule has 0 aliphatic carbocycles. The molecule has 2 N–H and O–H groups in total. The SMILES string of the molecule is CC(C)S(=O)(=O)N[C@H]1CCCNC1. The Kier molecular flexibility index (Phi) is 3.70. The van der Waals surface area contributed by atoms with Gasteiger partial charge in [0.15, 0.2) is 0 Å². The Balaban J connectivity index is 2.47. The van der Waals surface area contributed by atoms with Gasteiger partial charge in [0.2, 0.25) is 10.0 Å². The van der Waals surface area contributed by atoms with Crippen molar-refractivity contribution in [2.75, 3.05) is 13.1 Å². The fraction of sp³-hybridized carbons (Fsp3) is 1.00. The van der Waals surface area contributed by atoms with Gasteiger partial charge in [-0.3, -0.25) is 0 Å². The van der Waals surface area contributed by atoms with Crippen molar-refractivity contribution in [1.82, 2.24) is 10.0 Å². The first-order valence-electron chi connectivity index (χ1n) is 4.74. The quantitative estimate of drug-likeness (QED) is 0.687. The number of hydrogen-bond acceptors (Lipinski definition) is 3. The third-order valence-corrected chi connectivity index (χ3v) is 4.15. The molecule has 1 aliphatic heterocycles. The Morgan fingerprint density at radius 3 is 2.62 bits per heavy atom. The molecule has 1 atom stereocenters. The second-order valence-corrected chi connectivity index (χ2v) is 6.02. The van der Waals surface area contributed by atoms with Gasteiger partial charge in [0.05, 0.1) is 5.25 Å². The van der Waals surface area contributed by atoms with Crippen LogP contribution in [0.5, 0.6) is 0 Å². The number of piperidine rings is 1. The second kappa shape index (κ2) is 4.39. The summed E-state index contributed by atoms with van der Waals surface area (Å²) >= 11 is 0. The van der Waals surface area contributed by atoms with Crippen LogP contribution in [0.15, 0.2) is 0 Å². The van der Waals surface area contributed by atoms with E-state index in [1.165, 1.54) is 0 Å². The van der Waals surface area contributed by atoms with Crippen LogP contribution in [0.1, 0.15) is 26.7 Å². The first-order chi connectivity index (χ1) is 6.02. The monoisotopic (exact) mass is 206 g/mol. The van der Waals surface area contributed by atoms with Crippen LogP contribution in [-0.4, -0.2) is 32.8 Å². The van der Waals surface area contributed by atoms with Crippen LogP contribution < -0.4 is 10.0 Å². The summed E-state index contributed by atoms with van der Waals surface area (Å²) in [5, 5.41) is 2.83. The molecule has 0 bridgehead atoms. The first kappa shape index (κ1) is 10.9. The molecule has 1 rings (SSSR count). The van der Waals surface area contributed by atoms with Crippen molar-refractivity contribution < 1.29 is 8.42 Å². The Morgan fingerprint density at radius 2 is 2.15 bits per heavy atom. The molecule has 0 aromatic carbocycles. The van der Waals surface area contributed by atoms with Crippen molar-refractivity contribution in [3.63, 3.8) is 0 Å². The van der Waals surface area contributed by atoms with Crippen LogP contribution in [0.3, 0.4) is 0 Å². The smallest absolute Gasteiger partial charge is 0.214 e. The maximum Gasteiger partial charge on any atom is 0.214 e. The summed E-state index contributed by atoms with van der Waals surface area (Å²) < 4.78 is 25.6. The molecule has 0 aromatic rings. The molecule has 4 nitrogen and oxygen atoms in total. The summed E-state index contributed by atoms with van der Waals surface area (Å²) in [6.45, 7) is 5.14. The largest absolute Gasteiger partial charge is 0.315 e. The van der Waals surface area contributed by atoms with Crippen LogP contribution in [-0.2, 0) is 10.0 Å². The van der Waals surface area contributed by atoms with E-state index < -0.39 is 10.0 Å². The summed E-state index contributed by atoms with van der Waals surface area (Å²) in [6, 6.07) is 0.0844. The molecule has 0 radical (unpaired) electrons. The Labute approximate surface area is 80.1 Å². The predicted octanol–water partition coefficient (Wildman–Crippen LogP) is 0.0662. The molecule has 0 amide bonds. The first-order valence-corrected chi connectivity index (χ1v) is 6.29. The van der Waals surface area contributed by atoms with Gasteiger partial charge in [0.25, 0.3) is 0 Å². The van der Waals surface area contributed by atoms with E-state index in [0.717, 1.165) is 25.9 Å². The summed E-state index contributed by atoms with van der Waals surface area (Å²) in [5.41, 5.74) is 0. The highest BCUT2D eigenvalue weighted by Gasteiger charge is 2.22. The van der Waals surface area contributed by atoms with Crippen LogP contribution >= 0.6 is 0 Å². The van der Waals surface area contributed by atoms with Gasteiger partial charge in [0, 0.05) is 12.6 Å². The zero-order chi connectivity index (χ0) is 9.90. The highest BCUT2D eigenvalue weighted by atomic mass is 32.2. The van der Waals surface area contributed by atoms with E-state index in [4.69, 9.17) is 0 Å². The molecule has 0 saturated carbocycles. The second-order valence-electron chi connectivity index (χ2n) is 3.75. The van der Waals surface area contributed by atoms with Gasteiger partial charge in [-0.05, 0) is 33.2 Å². The molecule has 13 heavy (non-hydrogen) atoms. The number of hydrogen-bond donors (Lipinski definition) is 2. The zero-order valence-corrected chi connectivity index (χ0v) is 9.02. The minimum absolute atomic E-state index is 0.0844. The molecule has 1 aliphatic rings. The van der Waals surface area contributed by atoms with E-state index in [2.05, 4.69) is 10.0 Å². The summed E-state index contributed by atoms with van der Waals surface area (Å²) in [7, 11) is -3.09. The van der Waals surface area contributed by atoms with Gasteiger partial charge < -0.3 is 5.32 Å². The van der Waals surface area contributed by atoms with Gasteiger partial charge in [-0.15, -0.1) is 0 Å². The van der Waals surface area contributed by atoms with Gasteiger partial charge in [-0.1, -0.05) is 0 Å². The highest BCUT2D eigenvalue weighted by molar-refractivity contribution is 7.90. The molecule has 1 saturated heterocycles. The molecular weight excluding hydrogens is 188 g/mol. The van der Waals surface area contributed by atoms with Crippen molar-refractivity contribution in [3.8, 4) is 0 Å². The molecule has 78 valence electrons. The van der Waals surface area contributed by atoms with Crippen LogP contribution in [0.4, 0.5) is 0 Å². The average Bonchev–Trinajstić information content (AvgIpc) is 2.05. The Morgan fingerprint density at radius 1 is 1.46 bits per heavy atom. The topological polar surface area (TPSA) is 58.2 Å². The third-order valence-electron chi connectivity index (χ3n) is 2.25. The van der Waals surface area contributed by atoms with E-state index in [1.807, 2.05) is 0 Å². The van der Waals surface area contributed by atoms with Gasteiger partial charge in [-0.2, -0.15) is 0 Å². The van der Waals surface area contributed by atoms with E-state index in [-0.39, 0.29) is 11.3 Å².